The lowest BCUT2D eigenvalue weighted by Crippen LogP contribution is -2.45. The van der Waals surface area contributed by atoms with E-state index < -0.39 is 14.2 Å². The Kier molecular flexibility index (Phi) is 8.64. The Morgan fingerprint density at radius 2 is 1.54 bits per heavy atom. The Bertz CT molecular complexity index is 718. The van der Waals surface area contributed by atoms with Crippen molar-refractivity contribution in [2.75, 3.05) is 20.3 Å². The Labute approximate surface area is 171 Å². The summed E-state index contributed by atoms with van der Waals surface area (Å²) in [5.74, 6) is 0. The lowest BCUT2D eigenvalue weighted by atomic mass is 10.0. The van der Waals surface area contributed by atoms with E-state index in [-0.39, 0.29) is 12.1 Å². The number of nitrogens with zero attached hydrogens (tertiary/aromatic N) is 1. The van der Waals surface area contributed by atoms with Crippen LogP contribution in [0.2, 0.25) is 13.1 Å². The fourth-order valence-corrected chi connectivity index (χ4v) is 6.11. The predicted octanol–water partition coefficient (Wildman–Crippen LogP) is 5.16. The summed E-state index contributed by atoms with van der Waals surface area (Å²) in [5, 5.41) is 10.4. The van der Waals surface area contributed by atoms with E-state index in [1.807, 2.05) is 36.4 Å². The molecule has 0 saturated carbocycles. The molecule has 0 aromatic heterocycles. The molecule has 0 spiro atoms. The van der Waals surface area contributed by atoms with Gasteiger partial charge in [0, 0.05) is 13.2 Å². The van der Waals surface area contributed by atoms with Crippen molar-refractivity contribution in [2.45, 2.75) is 44.7 Å². The molecule has 0 aliphatic heterocycles. The predicted molar refractivity (Wildman–Crippen MR) is 121 cm³/mol. The van der Waals surface area contributed by atoms with Crippen LogP contribution in [-0.4, -0.2) is 44.4 Å². The summed E-state index contributed by atoms with van der Waals surface area (Å²) in [6.07, 6.45) is 3.48. The zero-order valence-electron chi connectivity index (χ0n) is 17.9. The summed E-state index contributed by atoms with van der Waals surface area (Å²) in [5.41, 5.74) is 4.54. The van der Waals surface area contributed by atoms with E-state index >= 15 is 0 Å². The number of ether oxygens (including phenoxy) is 1. The molecule has 0 heterocycles. The third-order valence-electron chi connectivity index (χ3n) is 5.29. The number of rotatable bonds is 10. The molecule has 152 valence electrons. The van der Waals surface area contributed by atoms with Crippen molar-refractivity contribution in [1.29, 1.82) is 0 Å². The van der Waals surface area contributed by atoms with Gasteiger partial charge in [-0.25, -0.2) is 0 Å². The summed E-state index contributed by atoms with van der Waals surface area (Å²) in [6.45, 7) is 6.96. The van der Waals surface area contributed by atoms with Gasteiger partial charge in [-0.2, -0.15) is 0 Å². The maximum atomic E-state index is 10.4. The van der Waals surface area contributed by atoms with E-state index in [2.05, 4.69) is 68.0 Å². The quantitative estimate of drug-likeness (QED) is 0.562. The molecule has 2 rings (SSSR count). The monoisotopic (exact) mass is 397 g/mol. The van der Waals surface area contributed by atoms with E-state index in [0.29, 0.717) is 6.42 Å². The minimum atomic E-state index is -1.58. The molecule has 2 aromatic rings. The SMILES string of the molecule is CO[C@@H](c1ccccc1)[C@H](C)N(C)C[Si](C)(C)/C=C/CC(O)c1ccccc1. The molecule has 0 aliphatic rings. The van der Waals surface area contributed by atoms with Crippen LogP contribution in [0.4, 0.5) is 0 Å². The number of aliphatic hydroxyl groups is 1. The Hall–Kier alpha value is -1.72. The summed E-state index contributed by atoms with van der Waals surface area (Å²) in [4.78, 5) is 2.41. The molecule has 0 fully saturated rings. The Balaban J connectivity index is 1.94. The number of hydrogen-bond acceptors (Lipinski definition) is 3. The molecule has 0 radical (unpaired) electrons. The van der Waals surface area contributed by atoms with Gasteiger partial charge < -0.3 is 14.7 Å². The average molecular weight is 398 g/mol. The largest absolute Gasteiger partial charge is 0.388 e. The van der Waals surface area contributed by atoms with Crippen LogP contribution in [0.25, 0.3) is 0 Å². The molecule has 0 aliphatic carbocycles. The van der Waals surface area contributed by atoms with E-state index in [1.165, 1.54) is 5.56 Å². The van der Waals surface area contributed by atoms with Gasteiger partial charge in [0.05, 0.1) is 20.3 Å². The molecule has 1 unspecified atom stereocenters. The smallest absolute Gasteiger partial charge is 0.0973 e. The molecule has 3 nitrogen and oxygen atoms in total. The van der Waals surface area contributed by atoms with Crippen LogP contribution in [0.5, 0.6) is 0 Å². The second kappa shape index (κ2) is 10.7. The molecule has 0 saturated heterocycles. The van der Waals surface area contributed by atoms with Gasteiger partial charge in [0.15, 0.2) is 0 Å². The molecular weight excluding hydrogens is 362 g/mol. The fraction of sp³-hybridized carbons (Fsp3) is 0.417. The third-order valence-corrected chi connectivity index (χ3v) is 7.74. The number of aliphatic hydroxyl groups excluding tert-OH is 1. The van der Waals surface area contributed by atoms with Gasteiger partial charge in [-0.1, -0.05) is 85.5 Å². The zero-order valence-corrected chi connectivity index (χ0v) is 18.9. The van der Waals surface area contributed by atoms with E-state index in [4.69, 9.17) is 4.74 Å². The average Bonchev–Trinajstić information content (AvgIpc) is 2.69. The zero-order chi connectivity index (χ0) is 20.6. The van der Waals surface area contributed by atoms with Crippen LogP contribution < -0.4 is 0 Å². The van der Waals surface area contributed by atoms with E-state index in [1.54, 1.807) is 7.11 Å². The van der Waals surface area contributed by atoms with Crippen LogP contribution in [0.3, 0.4) is 0 Å². The number of methoxy groups -OCH3 is 1. The van der Waals surface area contributed by atoms with Crippen molar-refractivity contribution in [2.24, 2.45) is 0 Å². The molecule has 0 bridgehead atoms. The second-order valence-corrected chi connectivity index (χ2v) is 12.9. The number of likely N-dealkylation sites (N-methyl/N-ethyl adjacent to an activating group) is 1. The second-order valence-electron chi connectivity index (χ2n) is 8.28. The van der Waals surface area contributed by atoms with Crippen LogP contribution in [0.1, 0.15) is 36.7 Å². The normalized spacial score (nSPS) is 15.7. The summed E-state index contributed by atoms with van der Waals surface area (Å²) in [7, 11) is 2.39. The number of benzene rings is 2. The highest BCUT2D eigenvalue weighted by atomic mass is 28.3. The van der Waals surface area contributed by atoms with Crippen LogP contribution in [0.15, 0.2) is 72.4 Å². The molecule has 4 heteroatoms. The minimum absolute atomic E-state index is 0.0554. The first kappa shape index (κ1) is 22.6. The maximum absolute atomic E-state index is 10.4. The highest BCUT2D eigenvalue weighted by Crippen LogP contribution is 2.25. The lowest BCUT2D eigenvalue weighted by Gasteiger charge is -2.35. The summed E-state index contributed by atoms with van der Waals surface area (Å²) >= 11 is 0. The first-order chi connectivity index (χ1) is 13.3. The van der Waals surface area contributed by atoms with Crippen molar-refractivity contribution in [3.8, 4) is 0 Å². The fourth-order valence-electron chi connectivity index (χ4n) is 3.65. The van der Waals surface area contributed by atoms with Gasteiger partial charge in [-0.3, -0.25) is 0 Å². The van der Waals surface area contributed by atoms with Crippen LogP contribution in [-0.2, 0) is 4.74 Å². The highest BCUT2D eigenvalue weighted by Gasteiger charge is 2.27. The third kappa shape index (κ3) is 6.71. The van der Waals surface area contributed by atoms with Crippen molar-refractivity contribution >= 4 is 8.07 Å². The molecule has 3 atom stereocenters. The van der Waals surface area contributed by atoms with Gasteiger partial charge >= 0.3 is 0 Å². The molecule has 28 heavy (non-hydrogen) atoms. The minimum Gasteiger partial charge on any atom is -0.388 e. The van der Waals surface area contributed by atoms with Gasteiger partial charge in [-0.05, 0) is 37.7 Å². The standard InChI is InChI=1S/C24H35NO2Si/c1-20(24(27-3)22-15-10-7-11-16-22)25(2)19-28(4,5)18-12-17-23(26)21-13-8-6-9-14-21/h6-16,18,20,23-24,26H,17,19H2,1-5H3/b18-12+/t20-,23?,24+/m0/s1. The summed E-state index contributed by atoms with van der Waals surface area (Å²) < 4.78 is 5.82. The molecule has 0 amide bonds. The molecule has 2 aromatic carbocycles. The van der Waals surface area contributed by atoms with Crippen LogP contribution >= 0.6 is 0 Å². The van der Waals surface area contributed by atoms with Crippen molar-refractivity contribution in [3.63, 3.8) is 0 Å². The first-order valence-electron chi connectivity index (χ1n) is 10.0. The molecular formula is C24H35NO2Si. The Morgan fingerprint density at radius 3 is 2.07 bits per heavy atom. The van der Waals surface area contributed by atoms with Gasteiger partial charge in [0.1, 0.15) is 0 Å². The number of hydrogen-bond donors (Lipinski definition) is 1. The van der Waals surface area contributed by atoms with Gasteiger partial charge in [0.2, 0.25) is 0 Å². The van der Waals surface area contributed by atoms with Crippen molar-refractivity contribution < 1.29 is 9.84 Å². The summed E-state index contributed by atoms with van der Waals surface area (Å²) in [6, 6.07) is 20.6. The van der Waals surface area contributed by atoms with Crippen molar-refractivity contribution in [3.05, 3.63) is 83.6 Å². The maximum Gasteiger partial charge on any atom is 0.0973 e. The van der Waals surface area contributed by atoms with Crippen LogP contribution in [0, 0.1) is 0 Å². The van der Waals surface area contributed by atoms with Gasteiger partial charge in [-0.15, -0.1) is 0 Å². The molecule has 1 N–H and O–H groups in total. The highest BCUT2D eigenvalue weighted by molar-refractivity contribution is 6.82. The topological polar surface area (TPSA) is 32.7 Å². The van der Waals surface area contributed by atoms with E-state index in [9.17, 15) is 5.11 Å². The lowest BCUT2D eigenvalue weighted by molar-refractivity contribution is 0.0355. The van der Waals surface area contributed by atoms with Crippen molar-refractivity contribution in [1.82, 2.24) is 4.90 Å². The van der Waals surface area contributed by atoms with Gasteiger partial charge in [0.25, 0.3) is 0 Å². The van der Waals surface area contributed by atoms with E-state index in [0.717, 1.165) is 11.7 Å². The Morgan fingerprint density at radius 1 is 1.00 bits per heavy atom. The first-order valence-corrected chi connectivity index (χ1v) is 13.3.